The van der Waals surface area contributed by atoms with Gasteiger partial charge in [0.15, 0.2) is 0 Å². The van der Waals surface area contributed by atoms with E-state index in [0.717, 1.165) is 30.8 Å². The van der Waals surface area contributed by atoms with Gasteiger partial charge in [0.25, 0.3) is 5.56 Å². The maximum Gasteiger partial charge on any atom is 0.407 e. The Morgan fingerprint density at radius 1 is 1.20 bits per heavy atom. The standard InChI is InChI=1S/C23H25N3O4/c1-2-3-8-21-24-20-7-5-4-6-19(20)22(27)26(21)16-9-11-17(12-10-16)30-18-13-14-25(15-18)23(28)29/h4-7,9-12,18H,2-3,8,13-15H2,1H3,(H,28,29). The summed E-state index contributed by atoms with van der Waals surface area (Å²) in [6.07, 6.45) is 2.29. The molecule has 1 unspecified atom stereocenters. The topological polar surface area (TPSA) is 84.7 Å². The summed E-state index contributed by atoms with van der Waals surface area (Å²) in [7, 11) is 0. The predicted octanol–water partition coefficient (Wildman–Crippen LogP) is 3.86. The lowest BCUT2D eigenvalue weighted by Gasteiger charge is -2.16. The smallest absolute Gasteiger partial charge is 0.407 e. The van der Waals surface area contributed by atoms with Crippen LogP contribution >= 0.6 is 0 Å². The van der Waals surface area contributed by atoms with Gasteiger partial charge in [0, 0.05) is 19.4 Å². The van der Waals surface area contributed by atoms with Gasteiger partial charge in [-0.05, 0) is 42.8 Å². The fourth-order valence-electron chi connectivity index (χ4n) is 3.81. The highest BCUT2D eigenvalue weighted by Crippen LogP contribution is 2.21. The zero-order valence-electron chi connectivity index (χ0n) is 17.0. The van der Waals surface area contributed by atoms with E-state index in [1.54, 1.807) is 10.6 Å². The molecular weight excluding hydrogens is 382 g/mol. The van der Waals surface area contributed by atoms with Crippen molar-refractivity contribution in [1.29, 1.82) is 0 Å². The van der Waals surface area contributed by atoms with Crippen LogP contribution in [0.3, 0.4) is 0 Å². The van der Waals surface area contributed by atoms with Crippen LogP contribution in [0, 0.1) is 0 Å². The van der Waals surface area contributed by atoms with E-state index >= 15 is 0 Å². The molecule has 2 aromatic carbocycles. The number of aryl methyl sites for hydroxylation is 1. The summed E-state index contributed by atoms with van der Waals surface area (Å²) in [5, 5.41) is 9.68. The van der Waals surface area contributed by atoms with Gasteiger partial charge < -0.3 is 14.7 Å². The molecule has 1 saturated heterocycles. The Labute approximate surface area is 174 Å². The molecule has 0 radical (unpaired) electrons. The highest BCUT2D eigenvalue weighted by atomic mass is 16.5. The number of carboxylic acid groups (broad SMARTS) is 1. The van der Waals surface area contributed by atoms with Gasteiger partial charge in [-0.1, -0.05) is 25.5 Å². The molecule has 7 nitrogen and oxygen atoms in total. The average Bonchev–Trinajstić information content (AvgIpc) is 3.22. The Bertz CT molecular complexity index is 1110. The van der Waals surface area contributed by atoms with Gasteiger partial charge in [0.05, 0.1) is 23.1 Å². The monoisotopic (exact) mass is 407 g/mol. The Balaban J connectivity index is 1.62. The number of likely N-dealkylation sites (tertiary alicyclic amines) is 1. The van der Waals surface area contributed by atoms with E-state index in [-0.39, 0.29) is 11.7 Å². The van der Waals surface area contributed by atoms with E-state index in [1.165, 1.54) is 4.90 Å². The molecule has 0 saturated carbocycles. The zero-order valence-corrected chi connectivity index (χ0v) is 17.0. The molecule has 1 aliphatic rings. The van der Waals surface area contributed by atoms with Crippen LogP contribution in [-0.4, -0.2) is 44.8 Å². The third-order valence-corrected chi connectivity index (χ3v) is 5.41. The number of unbranched alkanes of at least 4 members (excludes halogenated alkanes) is 1. The minimum Gasteiger partial charge on any atom is -0.489 e. The fourth-order valence-corrected chi connectivity index (χ4v) is 3.81. The van der Waals surface area contributed by atoms with Gasteiger partial charge >= 0.3 is 6.09 Å². The molecule has 1 aliphatic heterocycles. The van der Waals surface area contributed by atoms with Crippen LogP contribution in [0.4, 0.5) is 4.79 Å². The van der Waals surface area contributed by atoms with E-state index in [2.05, 4.69) is 6.92 Å². The highest BCUT2D eigenvalue weighted by molar-refractivity contribution is 5.77. The zero-order chi connectivity index (χ0) is 21.1. The number of carbonyl (C=O) groups is 1. The minimum absolute atomic E-state index is 0.0757. The minimum atomic E-state index is -0.917. The van der Waals surface area contributed by atoms with Gasteiger partial charge in [0.1, 0.15) is 17.7 Å². The van der Waals surface area contributed by atoms with Crippen molar-refractivity contribution >= 4 is 17.0 Å². The maximum absolute atomic E-state index is 13.2. The van der Waals surface area contributed by atoms with Crippen molar-refractivity contribution < 1.29 is 14.6 Å². The fraction of sp³-hybridized carbons (Fsp3) is 0.348. The average molecular weight is 407 g/mol. The first kappa shape index (κ1) is 19.9. The summed E-state index contributed by atoms with van der Waals surface area (Å²) < 4.78 is 7.62. The number of amides is 1. The predicted molar refractivity (Wildman–Crippen MR) is 115 cm³/mol. The Morgan fingerprint density at radius 3 is 2.67 bits per heavy atom. The molecule has 1 amide bonds. The number of ether oxygens (including phenoxy) is 1. The van der Waals surface area contributed by atoms with Crippen molar-refractivity contribution in [3.63, 3.8) is 0 Å². The maximum atomic E-state index is 13.2. The van der Waals surface area contributed by atoms with Gasteiger partial charge in [0.2, 0.25) is 0 Å². The van der Waals surface area contributed by atoms with Crippen molar-refractivity contribution in [2.45, 2.75) is 38.7 Å². The molecule has 7 heteroatoms. The van der Waals surface area contributed by atoms with Crippen LogP contribution < -0.4 is 10.3 Å². The number of aromatic nitrogens is 2. The first-order chi connectivity index (χ1) is 14.6. The Morgan fingerprint density at radius 2 is 1.97 bits per heavy atom. The third-order valence-electron chi connectivity index (χ3n) is 5.41. The number of fused-ring (bicyclic) bond motifs is 1. The second kappa shape index (κ2) is 8.57. The van der Waals surface area contributed by atoms with Crippen molar-refractivity contribution in [3.8, 4) is 11.4 Å². The summed E-state index contributed by atoms with van der Waals surface area (Å²) in [5.41, 5.74) is 1.39. The van der Waals surface area contributed by atoms with Gasteiger partial charge in [-0.3, -0.25) is 9.36 Å². The number of rotatable bonds is 6. The second-order valence-corrected chi connectivity index (χ2v) is 7.54. The number of para-hydroxylation sites is 1. The van der Waals surface area contributed by atoms with E-state index in [1.807, 2.05) is 42.5 Å². The van der Waals surface area contributed by atoms with Crippen LogP contribution in [0.1, 0.15) is 32.0 Å². The van der Waals surface area contributed by atoms with Crippen LogP contribution in [0.15, 0.2) is 53.3 Å². The van der Waals surface area contributed by atoms with Crippen LogP contribution in [-0.2, 0) is 6.42 Å². The Kier molecular flexibility index (Phi) is 5.70. The lowest BCUT2D eigenvalue weighted by molar-refractivity contribution is 0.145. The number of hydrogen-bond donors (Lipinski definition) is 1. The first-order valence-electron chi connectivity index (χ1n) is 10.3. The summed E-state index contributed by atoms with van der Waals surface area (Å²) >= 11 is 0. The quantitative estimate of drug-likeness (QED) is 0.671. The van der Waals surface area contributed by atoms with Crippen LogP contribution in [0.5, 0.6) is 5.75 Å². The summed E-state index contributed by atoms with van der Waals surface area (Å²) in [5.74, 6) is 1.41. The molecule has 1 atom stereocenters. The van der Waals surface area contributed by atoms with E-state index in [4.69, 9.17) is 14.8 Å². The molecular formula is C23H25N3O4. The molecule has 1 fully saturated rings. The van der Waals surface area contributed by atoms with Crippen molar-refractivity contribution in [2.24, 2.45) is 0 Å². The molecule has 0 bridgehead atoms. The van der Waals surface area contributed by atoms with E-state index < -0.39 is 6.09 Å². The Hall–Kier alpha value is -3.35. The second-order valence-electron chi connectivity index (χ2n) is 7.54. The largest absolute Gasteiger partial charge is 0.489 e. The van der Waals surface area contributed by atoms with E-state index in [0.29, 0.717) is 36.2 Å². The van der Waals surface area contributed by atoms with Crippen molar-refractivity contribution in [1.82, 2.24) is 14.5 Å². The number of hydrogen-bond acceptors (Lipinski definition) is 4. The molecule has 2 heterocycles. The molecule has 156 valence electrons. The summed E-state index contributed by atoms with van der Waals surface area (Å²) in [4.78, 5) is 30.4. The van der Waals surface area contributed by atoms with Gasteiger partial charge in [-0.2, -0.15) is 0 Å². The normalized spacial score (nSPS) is 16.2. The molecule has 1 N–H and O–H groups in total. The molecule has 0 spiro atoms. The van der Waals surface area contributed by atoms with Crippen molar-refractivity contribution in [3.05, 3.63) is 64.7 Å². The molecule has 0 aliphatic carbocycles. The van der Waals surface area contributed by atoms with Crippen molar-refractivity contribution in [2.75, 3.05) is 13.1 Å². The summed E-state index contributed by atoms with van der Waals surface area (Å²) in [6.45, 7) is 2.97. The SMILES string of the molecule is CCCCc1nc2ccccc2c(=O)n1-c1ccc(OC2CCN(C(=O)O)C2)cc1. The summed E-state index contributed by atoms with van der Waals surface area (Å²) in [6, 6.07) is 14.8. The van der Waals surface area contributed by atoms with Gasteiger partial charge in [-0.25, -0.2) is 9.78 Å². The lowest BCUT2D eigenvalue weighted by Crippen LogP contribution is -2.29. The van der Waals surface area contributed by atoms with Crippen LogP contribution in [0.2, 0.25) is 0 Å². The molecule has 3 aromatic rings. The number of nitrogens with zero attached hydrogens (tertiary/aromatic N) is 3. The molecule has 1 aromatic heterocycles. The number of benzene rings is 2. The third kappa shape index (κ3) is 4.01. The van der Waals surface area contributed by atoms with E-state index in [9.17, 15) is 9.59 Å². The molecule has 4 rings (SSSR count). The van der Waals surface area contributed by atoms with Gasteiger partial charge in [-0.15, -0.1) is 0 Å². The highest BCUT2D eigenvalue weighted by Gasteiger charge is 2.27. The van der Waals surface area contributed by atoms with Crippen LogP contribution in [0.25, 0.3) is 16.6 Å². The molecule has 30 heavy (non-hydrogen) atoms. The first-order valence-corrected chi connectivity index (χ1v) is 10.3. The lowest BCUT2D eigenvalue weighted by atomic mass is 10.2.